The zero-order valence-electron chi connectivity index (χ0n) is 23.9. The van der Waals surface area contributed by atoms with Gasteiger partial charge in [-0.1, -0.05) is 0 Å². The highest BCUT2D eigenvalue weighted by atomic mass is 32.2. The number of rotatable bonds is 14. The van der Waals surface area contributed by atoms with Crippen molar-refractivity contribution in [3.63, 3.8) is 0 Å². The molecule has 0 fully saturated rings. The highest BCUT2D eigenvalue weighted by Gasteiger charge is 2.29. The number of amides is 5. The molecule has 39 heavy (non-hydrogen) atoms. The first-order valence-electron chi connectivity index (χ1n) is 12.8. The predicted molar refractivity (Wildman–Crippen MR) is 147 cm³/mol. The number of carbonyl (C=O) groups excluding carboxylic acids is 6. The summed E-state index contributed by atoms with van der Waals surface area (Å²) in [5.74, 6) is -2.00. The number of hydrogen-bond donors (Lipinski definition) is 3. The molecule has 0 unspecified atom stereocenters. The van der Waals surface area contributed by atoms with Crippen molar-refractivity contribution in [3.8, 4) is 0 Å². The molecule has 3 N–H and O–H groups in total. The number of esters is 1. The second kappa shape index (κ2) is 15.5. The molecule has 0 aliphatic carbocycles. The standard InChI is InChI=1S/C26H42N4O8S/c1-25(2,3)37-23(35)18(10-8-9-14-30-20(32)11-12-21(30)33)28-19(31)16-27-22(34)17(13-15-39-7)29-24(36)38-26(4,5)6/h11-12,17-18H,8-10,13-16H2,1-7H3,(H,27,34)(H,28,31)(H,29,36)/t17-,18-/m0/s1. The van der Waals surface area contributed by atoms with Crippen molar-refractivity contribution < 1.29 is 38.2 Å². The molecule has 0 radical (unpaired) electrons. The van der Waals surface area contributed by atoms with Gasteiger partial charge in [0, 0.05) is 18.7 Å². The summed E-state index contributed by atoms with van der Waals surface area (Å²) in [4.78, 5) is 74.8. The smallest absolute Gasteiger partial charge is 0.408 e. The number of nitrogens with one attached hydrogen (secondary N) is 3. The number of ether oxygens (including phenoxy) is 2. The van der Waals surface area contributed by atoms with Gasteiger partial charge in [0.1, 0.15) is 23.3 Å². The van der Waals surface area contributed by atoms with Crippen LogP contribution in [0.5, 0.6) is 0 Å². The fraction of sp³-hybridized carbons (Fsp3) is 0.692. The van der Waals surface area contributed by atoms with Crippen LogP contribution in [0.15, 0.2) is 12.2 Å². The molecule has 1 rings (SSSR count). The molecule has 220 valence electrons. The Hall–Kier alpha value is -3.09. The molecule has 1 aliphatic heterocycles. The number of hydrogen-bond acceptors (Lipinski definition) is 9. The Morgan fingerprint density at radius 2 is 1.46 bits per heavy atom. The van der Waals surface area contributed by atoms with Crippen molar-refractivity contribution >= 4 is 47.5 Å². The molecule has 0 bridgehead atoms. The lowest BCUT2D eigenvalue weighted by molar-refractivity contribution is -0.159. The van der Waals surface area contributed by atoms with Crippen LogP contribution in [0.1, 0.15) is 67.2 Å². The van der Waals surface area contributed by atoms with E-state index in [0.29, 0.717) is 25.0 Å². The average Bonchev–Trinajstić information content (AvgIpc) is 3.11. The van der Waals surface area contributed by atoms with Gasteiger partial charge in [0.2, 0.25) is 11.8 Å². The fourth-order valence-corrected chi connectivity index (χ4v) is 3.85. The van der Waals surface area contributed by atoms with E-state index in [1.807, 2.05) is 6.26 Å². The predicted octanol–water partition coefficient (Wildman–Crippen LogP) is 1.67. The van der Waals surface area contributed by atoms with E-state index in [1.165, 1.54) is 23.9 Å². The first kappa shape index (κ1) is 33.9. The molecule has 1 aliphatic rings. The molecule has 0 aromatic heterocycles. The van der Waals surface area contributed by atoms with Crippen LogP contribution >= 0.6 is 11.8 Å². The first-order valence-corrected chi connectivity index (χ1v) is 14.2. The van der Waals surface area contributed by atoms with Gasteiger partial charge in [0.25, 0.3) is 11.8 Å². The van der Waals surface area contributed by atoms with Crippen LogP contribution in [-0.2, 0) is 33.4 Å². The first-order chi connectivity index (χ1) is 18.0. The summed E-state index contributed by atoms with van der Waals surface area (Å²) in [5, 5.41) is 7.62. The van der Waals surface area contributed by atoms with Gasteiger partial charge in [-0.15, -0.1) is 0 Å². The van der Waals surface area contributed by atoms with Crippen LogP contribution in [0.3, 0.4) is 0 Å². The summed E-state index contributed by atoms with van der Waals surface area (Å²) in [5.41, 5.74) is -1.52. The third-order valence-electron chi connectivity index (χ3n) is 5.09. The van der Waals surface area contributed by atoms with Gasteiger partial charge in [0.05, 0.1) is 6.54 Å². The molecule has 12 nitrogen and oxygen atoms in total. The Bertz CT molecular complexity index is 921. The van der Waals surface area contributed by atoms with Crippen LogP contribution in [-0.4, -0.2) is 89.0 Å². The van der Waals surface area contributed by atoms with Crippen molar-refractivity contribution in [3.05, 3.63) is 12.2 Å². The van der Waals surface area contributed by atoms with E-state index in [1.54, 1.807) is 41.5 Å². The highest BCUT2D eigenvalue weighted by Crippen LogP contribution is 2.13. The van der Waals surface area contributed by atoms with Crippen LogP contribution in [0, 0.1) is 0 Å². The van der Waals surface area contributed by atoms with Crippen molar-refractivity contribution in [1.29, 1.82) is 0 Å². The summed E-state index contributed by atoms with van der Waals surface area (Å²) in [7, 11) is 0. The van der Waals surface area contributed by atoms with Crippen LogP contribution < -0.4 is 16.0 Å². The van der Waals surface area contributed by atoms with Gasteiger partial charge in [0.15, 0.2) is 0 Å². The molecular weight excluding hydrogens is 528 g/mol. The fourth-order valence-electron chi connectivity index (χ4n) is 3.38. The maximum Gasteiger partial charge on any atom is 0.408 e. The lowest BCUT2D eigenvalue weighted by Gasteiger charge is -2.25. The van der Waals surface area contributed by atoms with Crippen LogP contribution in [0.25, 0.3) is 0 Å². The summed E-state index contributed by atoms with van der Waals surface area (Å²) >= 11 is 1.50. The van der Waals surface area contributed by atoms with E-state index in [4.69, 9.17) is 9.47 Å². The Morgan fingerprint density at radius 3 is 2.00 bits per heavy atom. The minimum absolute atomic E-state index is 0.192. The maximum atomic E-state index is 12.7. The van der Waals surface area contributed by atoms with Gasteiger partial charge in [-0.25, -0.2) is 9.59 Å². The normalized spacial score (nSPS) is 15.0. The van der Waals surface area contributed by atoms with Crippen LogP contribution in [0.4, 0.5) is 4.79 Å². The summed E-state index contributed by atoms with van der Waals surface area (Å²) < 4.78 is 10.6. The van der Waals surface area contributed by atoms with Gasteiger partial charge in [-0.05, 0) is 79.2 Å². The number of carbonyl (C=O) groups is 6. The van der Waals surface area contributed by atoms with E-state index in [2.05, 4.69) is 16.0 Å². The largest absolute Gasteiger partial charge is 0.458 e. The number of unbranched alkanes of at least 4 members (excludes halogenated alkanes) is 1. The molecule has 0 saturated carbocycles. The molecule has 0 aromatic carbocycles. The van der Waals surface area contributed by atoms with Gasteiger partial charge >= 0.3 is 12.1 Å². The number of imide groups is 1. The maximum absolute atomic E-state index is 12.7. The molecular formula is C26H42N4O8S. The van der Waals surface area contributed by atoms with E-state index >= 15 is 0 Å². The Kier molecular flexibility index (Phi) is 13.5. The Balaban J connectivity index is 2.70. The topological polar surface area (TPSA) is 160 Å². The lowest BCUT2D eigenvalue weighted by Crippen LogP contribution is -2.52. The molecule has 1 heterocycles. The van der Waals surface area contributed by atoms with Crippen molar-refractivity contribution in [1.82, 2.24) is 20.9 Å². The second-order valence-electron chi connectivity index (χ2n) is 11.0. The Morgan fingerprint density at radius 1 is 0.872 bits per heavy atom. The molecule has 0 aromatic rings. The number of thioether (sulfide) groups is 1. The third kappa shape index (κ3) is 14.0. The van der Waals surface area contributed by atoms with E-state index in [9.17, 15) is 28.8 Å². The SMILES string of the molecule is CSCC[C@H](NC(=O)OC(C)(C)C)C(=O)NCC(=O)N[C@@H](CCCCN1C(=O)C=CC1=O)C(=O)OC(C)(C)C. The van der Waals surface area contributed by atoms with E-state index in [0.717, 1.165) is 4.90 Å². The van der Waals surface area contributed by atoms with Crippen molar-refractivity contribution in [2.24, 2.45) is 0 Å². The molecule has 2 atom stereocenters. The number of nitrogens with zero attached hydrogens (tertiary/aromatic N) is 1. The average molecular weight is 571 g/mol. The molecule has 0 spiro atoms. The van der Waals surface area contributed by atoms with Crippen molar-refractivity contribution in [2.45, 2.75) is 90.5 Å². The lowest BCUT2D eigenvalue weighted by atomic mass is 10.1. The zero-order chi connectivity index (χ0) is 29.8. The zero-order valence-corrected chi connectivity index (χ0v) is 24.7. The summed E-state index contributed by atoms with van der Waals surface area (Å²) in [6.45, 7) is 9.99. The van der Waals surface area contributed by atoms with Crippen molar-refractivity contribution in [2.75, 3.05) is 25.1 Å². The molecule has 5 amide bonds. The highest BCUT2D eigenvalue weighted by molar-refractivity contribution is 7.98. The molecule has 13 heteroatoms. The Labute approximate surface area is 234 Å². The third-order valence-corrected chi connectivity index (χ3v) is 5.74. The van der Waals surface area contributed by atoms with Gasteiger partial charge in [-0.3, -0.25) is 24.1 Å². The van der Waals surface area contributed by atoms with E-state index in [-0.39, 0.29) is 24.8 Å². The summed E-state index contributed by atoms with van der Waals surface area (Å²) in [6.07, 6.45) is 4.91. The van der Waals surface area contributed by atoms with Crippen LogP contribution in [0.2, 0.25) is 0 Å². The summed E-state index contributed by atoms with van der Waals surface area (Å²) in [6, 6.07) is -1.91. The van der Waals surface area contributed by atoms with Gasteiger partial charge in [-0.2, -0.15) is 11.8 Å². The van der Waals surface area contributed by atoms with Gasteiger partial charge < -0.3 is 25.4 Å². The minimum atomic E-state index is -0.996. The number of alkyl carbamates (subject to hydrolysis) is 1. The monoisotopic (exact) mass is 570 g/mol. The van der Waals surface area contributed by atoms with E-state index < -0.39 is 53.7 Å². The second-order valence-corrected chi connectivity index (χ2v) is 12.0. The molecule has 0 saturated heterocycles. The quantitative estimate of drug-likeness (QED) is 0.160. The minimum Gasteiger partial charge on any atom is -0.458 e.